The lowest BCUT2D eigenvalue weighted by Gasteiger charge is -2.05. The van der Waals surface area contributed by atoms with Gasteiger partial charge in [0.2, 0.25) is 5.89 Å². The van der Waals surface area contributed by atoms with E-state index >= 15 is 0 Å². The summed E-state index contributed by atoms with van der Waals surface area (Å²) in [5.74, 6) is 2.59. The minimum Gasteiger partial charge on any atom is -0.337 e. The molecule has 1 unspecified atom stereocenters. The van der Waals surface area contributed by atoms with E-state index in [1.807, 2.05) is 6.92 Å². The molecule has 0 bridgehead atoms. The summed E-state index contributed by atoms with van der Waals surface area (Å²) in [6, 6.07) is 8.60. The summed E-state index contributed by atoms with van der Waals surface area (Å²) in [4.78, 5) is 25.8. The van der Waals surface area contributed by atoms with Crippen LogP contribution in [0.4, 0.5) is 0 Å². The second-order valence-electron chi connectivity index (χ2n) is 7.69. The fourth-order valence-corrected chi connectivity index (χ4v) is 4.68. The molecule has 3 heterocycles. The van der Waals surface area contributed by atoms with Gasteiger partial charge >= 0.3 is 0 Å². The number of pyridine rings is 1. The monoisotopic (exact) mass is 371 g/mol. The smallest absolute Gasteiger partial charge is 0.262 e. The van der Waals surface area contributed by atoms with Crippen LogP contribution in [0, 0.1) is 12.8 Å². The Bertz CT molecular complexity index is 1290. The predicted octanol–water partition coefficient (Wildman–Crippen LogP) is 2.58. The van der Waals surface area contributed by atoms with Crippen molar-refractivity contribution in [3.05, 3.63) is 81.7 Å². The van der Waals surface area contributed by atoms with Crippen LogP contribution >= 0.6 is 0 Å². The molecule has 6 rings (SSSR count). The Morgan fingerprint density at radius 3 is 3.04 bits per heavy atom. The lowest BCUT2D eigenvalue weighted by Crippen LogP contribution is -2.22. The summed E-state index contributed by atoms with van der Waals surface area (Å²) in [6.07, 6.45) is 5.86. The van der Waals surface area contributed by atoms with Crippen molar-refractivity contribution in [2.24, 2.45) is 5.92 Å². The maximum absolute atomic E-state index is 12.8. The molecular weight excluding hydrogens is 354 g/mol. The molecule has 7 nitrogen and oxygen atoms in total. The van der Waals surface area contributed by atoms with Crippen molar-refractivity contribution < 1.29 is 4.52 Å². The van der Waals surface area contributed by atoms with Crippen molar-refractivity contribution in [2.45, 2.75) is 31.7 Å². The number of hydrogen-bond acceptors (Lipinski definition) is 6. The third-order valence-electron chi connectivity index (χ3n) is 6.05. The molecule has 0 aliphatic heterocycles. The highest BCUT2D eigenvalue weighted by Gasteiger charge is 2.58. The fourth-order valence-electron chi connectivity index (χ4n) is 4.68. The van der Waals surface area contributed by atoms with Gasteiger partial charge in [-0.05, 0) is 41.9 Å². The maximum atomic E-state index is 12.8. The van der Waals surface area contributed by atoms with Crippen LogP contribution in [0.1, 0.15) is 40.2 Å². The standard InChI is InChI=1S/C21H17N5O2/c1-11-7-22-8-15-17(11)21(27)26(10-23-15)9-16-24-20(25-28-16)19-14-6-12-4-2-3-5-13(12)18(14)19/h2-5,7-8,10,14,18-19H,6,9H2,1H3/t14-,18?,19+/m1/s1. The van der Waals surface area contributed by atoms with Crippen molar-refractivity contribution in [1.29, 1.82) is 0 Å². The van der Waals surface area contributed by atoms with E-state index in [-0.39, 0.29) is 12.1 Å². The number of aryl methyl sites for hydroxylation is 1. The van der Waals surface area contributed by atoms with Crippen LogP contribution in [0.25, 0.3) is 10.9 Å². The minimum atomic E-state index is -0.123. The van der Waals surface area contributed by atoms with Gasteiger partial charge in [-0.1, -0.05) is 29.4 Å². The Balaban J connectivity index is 1.28. The molecule has 138 valence electrons. The van der Waals surface area contributed by atoms with Gasteiger partial charge in [-0.25, -0.2) is 4.98 Å². The van der Waals surface area contributed by atoms with Crippen LogP contribution in [0.2, 0.25) is 0 Å². The largest absolute Gasteiger partial charge is 0.337 e. The zero-order chi connectivity index (χ0) is 18.8. The summed E-state index contributed by atoms with van der Waals surface area (Å²) >= 11 is 0. The Morgan fingerprint density at radius 1 is 1.21 bits per heavy atom. The molecule has 3 aromatic heterocycles. The van der Waals surface area contributed by atoms with Gasteiger partial charge in [0.05, 0.1) is 23.4 Å². The van der Waals surface area contributed by atoms with Crippen LogP contribution in [0.15, 0.2) is 52.3 Å². The minimum absolute atomic E-state index is 0.123. The van der Waals surface area contributed by atoms with E-state index in [0.717, 1.165) is 17.8 Å². The Hall–Kier alpha value is -3.35. The van der Waals surface area contributed by atoms with Crippen molar-refractivity contribution in [2.75, 3.05) is 0 Å². The summed E-state index contributed by atoms with van der Waals surface area (Å²) in [7, 11) is 0. The van der Waals surface area contributed by atoms with E-state index in [0.29, 0.717) is 34.5 Å². The van der Waals surface area contributed by atoms with Crippen LogP contribution in [-0.2, 0) is 13.0 Å². The molecule has 0 amide bonds. The highest BCUT2D eigenvalue weighted by Crippen LogP contribution is 2.65. The van der Waals surface area contributed by atoms with Gasteiger partial charge in [-0.15, -0.1) is 0 Å². The number of fused-ring (bicyclic) bond motifs is 4. The quantitative estimate of drug-likeness (QED) is 0.550. The van der Waals surface area contributed by atoms with Crippen molar-refractivity contribution in [3.8, 4) is 0 Å². The van der Waals surface area contributed by atoms with Crippen LogP contribution in [0.5, 0.6) is 0 Å². The molecule has 28 heavy (non-hydrogen) atoms. The molecule has 7 heteroatoms. The average molecular weight is 371 g/mol. The highest BCUT2D eigenvalue weighted by molar-refractivity contribution is 5.79. The molecule has 2 aliphatic carbocycles. The third-order valence-corrected chi connectivity index (χ3v) is 6.05. The van der Waals surface area contributed by atoms with Crippen molar-refractivity contribution in [1.82, 2.24) is 24.7 Å². The molecule has 4 aromatic rings. The molecule has 2 aliphatic rings. The lowest BCUT2D eigenvalue weighted by atomic mass is 10.0. The predicted molar refractivity (Wildman–Crippen MR) is 101 cm³/mol. The normalized spacial score (nSPS) is 22.2. The van der Waals surface area contributed by atoms with Gasteiger partial charge in [0.25, 0.3) is 5.56 Å². The molecule has 0 spiro atoms. The number of aromatic nitrogens is 5. The second-order valence-corrected chi connectivity index (χ2v) is 7.69. The number of benzene rings is 1. The van der Waals surface area contributed by atoms with Gasteiger partial charge in [0, 0.05) is 12.1 Å². The van der Waals surface area contributed by atoms with Crippen molar-refractivity contribution in [3.63, 3.8) is 0 Å². The van der Waals surface area contributed by atoms with E-state index < -0.39 is 0 Å². The topological polar surface area (TPSA) is 86.7 Å². The molecule has 0 saturated heterocycles. The van der Waals surface area contributed by atoms with Crippen molar-refractivity contribution >= 4 is 10.9 Å². The zero-order valence-electron chi connectivity index (χ0n) is 15.2. The molecule has 1 fully saturated rings. The second kappa shape index (κ2) is 5.58. The summed E-state index contributed by atoms with van der Waals surface area (Å²) in [5.41, 5.74) is 4.14. The SMILES string of the molecule is Cc1cncc2ncn(Cc3nc([C@@H]4C5c6ccccc6C[C@H]54)no3)c(=O)c12. The molecule has 1 saturated carbocycles. The summed E-state index contributed by atoms with van der Waals surface area (Å²) < 4.78 is 6.97. The number of rotatable bonds is 3. The Morgan fingerprint density at radius 2 is 2.11 bits per heavy atom. The zero-order valence-corrected chi connectivity index (χ0v) is 15.2. The van der Waals surface area contributed by atoms with E-state index in [1.165, 1.54) is 22.0 Å². The summed E-state index contributed by atoms with van der Waals surface area (Å²) in [6.45, 7) is 2.08. The Kier molecular flexibility index (Phi) is 3.12. The molecule has 0 N–H and O–H groups in total. The van der Waals surface area contributed by atoms with Gasteiger partial charge in [0.15, 0.2) is 5.82 Å². The van der Waals surface area contributed by atoms with Gasteiger partial charge < -0.3 is 4.52 Å². The lowest BCUT2D eigenvalue weighted by molar-refractivity contribution is 0.364. The van der Waals surface area contributed by atoms with E-state index in [9.17, 15) is 4.79 Å². The van der Waals surface area contributed by atoms with Crippen LogP contribution in [0.3, 0.4) is 0 Å². The highest BCUT2D eigenvalue weighted by atomic mass is 16.5. The van der Waals surface area contributed by atoms with E-state index in [4.69, 9.17) is 4.52 Å². The van der Waals surface area contributed by atoms with E-state index in [2.05, 4.69) is 44.4 Å². The first-order chi connectivity index (χ1) is 13.7. The van der Waals surface area contributed by atoms with Gasteiger partial charge in [-0.2, -0.15) is 4.98 Å². The number of hydrogen-bond donors (Lipinski definition) is 0. The molecule has 0 radical (unpaired) electrons. The van der Waals surface area contributed by atoms with Gasteiger partial charge in [-0.3, -0.25) is 14.3 Å². The first-order valence-electron chi connectivity index (χ1n) is 9.41. The van der Waals surface area contributed by atoms with Crippen LogP contribution < -0.4 is 5.56 Å². The Labute approximate surface area is 160 Å². The van der Waals surface area contributed by atoms with Crippen LogP contribution in [-0.4, -0.2) is 24.7 Å². The molecule has 3 atom stereocenters. The summed E-state index contributed by atoms with van der Waals surface area (Å²) in [5, 5.41) is 4.78. The first-order valence-corrected chi connectivity index (χ1v) is 9.41. The van der Waals surface area contributed by atoms with E-state index in [1.54, 1.807) is 12.4 Å². The number of nitrogens with zero attached hydrogens (tertiary/aromatic N) is 5. The maximum Gasteiger partial charge on any atom is 0.262 e. The average Bonchev–Trinajstić information content (AvgIpc) is 3.04. The fraction of sp³-hybridized carbons (Fsp3) is 0.286. The first kappa shape index (κ1) is 15.7. The van der Waals surface area contributed by atoms with Gasteiger partial charge in [0.1, 0.15) is 6.54 Å². The molecule has 1 aromatic carbocycles. The molecular formula is C21H17N5O2. The third kappa shape index (κ3) is 2.19.